The second-order valence-corrected chi connectivity index (χ2v) is 9.12. The highest BCUT2D eigenvalue weighted by Gasteiger charge is 2.38. The third-order valence-corrected chi connectivity index (χ3v) is 6.38. The summed E-state index contributed by atoms with van der Waals surface area (Å²) in [5.74, 6) is 3.65. The number of hydrogen-bond donors (Lipinski definition) is 4. The molecule has 0 saturated heterocycles. The van der Waals surface area contributed by atoms with Crippen LogP contribution < -0.4 is 21.6 Å². The van der Waals surface area contributed by atoms with E-state index in [-0.39, 0.29) is 36.2 Å². The number of likely N-dealkylation sites (N-methyl/N-ethyl adjacent to an activating group) is 1. The molecule has 13 heteroatoms. The van der Waals surface area contributed by atoms with E-state index >= 15 is 0 Å². The monoisotopic (exact) mass is 515 g/mol. The van der Waals surface area contributed by atoms with Gasteiger partial charge in [-0.25, -0.2) is 15.6 Å². The molecule has 2 aliphatic rings. The van der Waals surface area contributed by atoms with Crippen LogP contribution in [0.1, 0.15) is 62.8 Å². The van der Waals surface area contributed by atoms with E-state index in [2.05, 4.69) is 10.3 Å². The number of rotatable bonds is 8. The number of carboxylic acid groups (broad SMARTS) is 1. The number of carbonyl (C=O) groups excluding carboxylic acids is 1. The molecule has 2 fully saturated rings. The molecule has 0 aliphatic heterocycles. The first-order chi connectivity index (χ1) is 17.0. The Hall–Kier alpha value is -3.22. The van der Waals surface area contributed by atoms with Gasteiger partial charge in [0, 0.05) is 7.05 Å². The van der Waals surface area contributed by atoms with Gasteiger partial charge in [0.2, 0.25) is 0 Å². The third kappa shape index (κ3) is 7.15. The Morgan fingerprint density at radius 1 is 1.17 bits per heavy atom. The number of nitrogens with zero attached hydrogens (tertiary/aromatic N) is 2. The maximum Gasteiger partial charge on any atom is 0.437 e. The van der Waals surface area contributed by atoms with Crippen LogP contribution in [0.5, 0.6) is 5.75 Å². The number of pyridine rings is 1. The fourth-order valence-electron chi connectivity index (χ4n) is 4.46. The van der Waals surface area contributed by atoms with E-state index in [0.29, 0.717) is 19.3 Å². The molecule has 1 amide bonds. The number of halogens is 3. The van der Waals surface area contributed by atoms with Crippen molar-refractivity contribution in [3.8, 4) is 5.75 Å². The lowest BCUT2D eigenvalue weighted by Crippen LogP contribution is -2.37. The van der Waals surface area contributed by atoms with E-state index in [4.69, 9.17) is 21.1 Å². The van der Waals surface area contributed by atoms with Crippen LogP contribution in [0, 0.1) is 5.92 Å². The molecular weight excluding hydrogens is 483 g/mol. The number of hydrogen-bond acceptors (Lipinski definition) is 8. The molecule has 0 radical (unpaired) electrons. The van der Waals surface area contributed by atoms with Crippen LogP contribution >= 0.6 is 0 Å². The first-order valence-corrected chi connectivity index (χ1v) is 11.8. The SMILES string of the molecule is CN(N)/C(CNC(=O)OC1CCCC1)=C(\N)c1ccc(O[C@H]2CCC[C@H](C(=O)O)C2)c(C(F)(F)F)n1. The van der Waals surface area contributed by atoms with Crippen molar-refractivity contribution in [3.05, 3.63) is 29.2 Å². The van der Waals surface area contributed by atoms with Gasteiger partial charge in [-0.1, -0.05) is 0 Å². The summed E-state index contributed by atoms with van der Waals surface area (Å²) in [5.41, 5.74) is 4.59. The number of carboxylic acids is 1. The van der Waals surface area contributed by atoms with Crippen LogP contribution in [0.2, 0.25) is 0 Å². The molecular formula is C23H32F3N5O5. The summed E-state index contributed by atoms with van der Waals surface area (Å²) in [5, 5.41) is 12.8. The second-order valence-electron chi connectivity index (χ2n) is 9.12. The van der Waals surface area contributed by atoms with Crippen LogP contribution in [0.25, 0.3) is 5.70 Å². The topological polar surface area (TPSA) is 153 Å². The molecule has 0 unspecified atom stereocenters. The van der Waals surface area contributed by atoms with Gasteiger partial charge in [0.25, 0.3) is 0 Å². The number of ether oxygens (including phenoxy) is 2. The van der Waals surface area contributed by atoms with Gasteiger partial charge in [0.15, 0.2) is 11.4 Å². The van der Waals surface area contributed by atoms with Crippen molar-refractivity contribution in [2.75, 3.05) is 13.6 Å². The van der Waals surface area contributed by atoms with Crippen molar-refractivity contribution in [3.63, 3.8) is 0 Å². The Morgan fingerprint density at radius 3 is 2.44 bits per heavy atom. The molecule has 2 aliphatic carbocycles. The van der Waals surface area contributed by atoms with Gasteiger partial charge in [-0.05, 0) is 63.5 Å². The number of amides is 1. The fraction of sp³-hybridized carbons (Fsp3) is 0.609. The lowest BCUT2D eigenvalue weighted by atomic mass is 9.87. The van der Waals surface area contributed by atoms with Crippen LogP contribution in [-0.2, 0) is 15.7 Å². The molecule has 36 heavy (non-hydrogen) atoms. The molecule has 6 N–H and O–H groups in total. The van der Waals surface area contributed by atoms with E-state index in [1.165, 1.54) is 13.1 Å². The van der Waals surface area contributed by atoms with Crippen LogP contribution in [0.3, 0.4) is 0 Å². The average Bonchev–Trinajstić information content (AvgIpc) is 3.31. The predicted molar refractivity (Wildman–Crippen MR) is 123 cm³/mol. The number of aromatic nitrogens is 1. The highest BCUT2D eigenvalue weighted by Crippen LogP contribution is 2.37. The number of alkyl carbamates (subject to hydrolysis) is 1. The van der Waals surface area contributed by atoms with Crippen molar-refractivity contribution in [1.82, 2.24) is 15.3 Å². The second kappa shape index (κ2) is 11.7. The number of nitrogens with one attached hydrogen (secondary N) is 1. The molecule has 0 aromatic carbocycles. The summed E-state index contributed by atoms with van der Waals surface area (Å²) < 4.78 is 52.4. The average molecular weight is 516 g/mol. The minimum Gasteiger partial charge on any atom is -0.488 e. The molecule has 1 heterocycles. The van der Waals surface area contributed by atoms with Crippen molar-refractivity contribution in [2.45, 2.75) is 69.8 Å². The van der Waals surface area contributed by atoms with E-state index in [1.54, 1.807) is 0 Å². The summed E-state index contributed by atoms with van der Waals surface area (Å²) in [6, 6.07) is 2.37. The Morgan fingerprint density at radius 2 is 1.83 bits per heavy atom. The zero-order valence-electron chi connectivity index (χ0n) is 20.0. The maximum absolute atomic E-state index is 13.9. The van der Waals surface area contributed by atoms with E-state index < -0.39 is 41.7 Å². The van der Waals surface area contributed by atoms with Gasteiger partial charge in [0.05, 0.1) is 35.7 Å². The number of nitrogens with two attached hydrogens (primary N) is 2. The Labute approximate surface area is 206 Å². The van der Waals surface area contributed by atoms with Crippen LogP contribution in [0.15, 0.2) is 17.8 Å². The standard InChI is InChI=1S/C23H32F3N5O5/c1-31(28)17(12-29-22(34)36-14-6-2-3-7-14)19(27)16-9-10-18(20(30-16)23(24,25)26)35-15-8-4-5-13(11-15)21(32)33/h9-10,13-15H,2-8,11-12,27-28H2,1H3,(H,29,34)(H,32,33)/b19-17-/t13-,15-/m0/s1. The van der Waals surface area contributed by atoms with Gasteiger partial charge in [-0.3, -0.25) is 4.79 Å². The molecule has 10 nitrogen and oxygen atoms in total. The summed E-state index contributed by atoms with van der Waals surface area (Å²) in [4.78, 5) is 27.1. The third-order valence-electron chi connectivity index (χ3n) is 6.38. The molecule has 2 saturated carbocycles. The summed E-state index contributed by atoms with van der Waals surface area (Å²) >= 11 is 0. The minimum absolute atomic E-state index is 0.112. The van der Waals surface area contributed by atoms with Crippen molar-refractivity contribution in [2.24, 2.45) is 17.5 Å². The van der Waals surface area contributed by atoms with E-state index in [1.807, 2.05) is 0 Å². The highest BCUT2D eigenvalue weighted by atomic mass is 19.4. The van der Waals surface area contributed by atoms with Gasteiger partial charge < -0.3 is 30.6 Å². The minimum atomic E-state index is -4.86. The van der Waals surface area contributed by atoms with E-state index in [0.717, 1.165) is 36.8 Å². The molecule has 3 rings (SSSR count). The Balaban J connectivity index is 1.79. The van der Waals surface area contributed by atoms with Crippen molar-refractivity contribution >= 4 is 17.8 Å². The first kappa shape index (κ1) is 27.4. The number of aliphatic carboxylic acids is 1. The van der Waals surface area contributed by atoms with Crippen molar-refractivity contribution in [1.29, 1.82) is 0 Å². The molecule has 200 valence electrons. The highest BCUT2D eigenvalue weighted by molar-refractivity contribution is 5.70. The first-order valence-electron chi connectivity index (χ1n) is 11.8. The molecule has 0 bridgehead atoms. The lowest BCUT2D eigenvalue weighted by Gasteiger charge is -2.28. The number of alkyl halides is 3. The lowest BCUT2D eigenvalue weighted by molar-refractivity contribution is -0.146. The zero-order chi connectivity index (χ0) is 26.5. The zero-order valence-corrected chi connectivity index (χ0v) is 20.0. The van der Waals surface area contributed by atoms with Gasteiger partial charge in [0.1, 0.15) is 6.10 Å². The summed E-state index contributed by atoms with van der Waals surface area (Å²) in [7, 11) is 1.43. The number of hydrazine groups is 1. The van der Waals surface area contributed by atoms with E-state index in [9.17, 15) is 27.9 Å². The molecule has 0 spiro atoms. The van der Waals surface area contributed by atoms with Crippen LogP contribution in [0.4, 0.5) is 18.0 Å². The van der Waals surface area contributed by atoms with Gasteiger partial charge in [-0.2, -0.15) is 13.2 Å². The Kier molecular flexibility index (Phi) is 8.88. The van der Waals surface area contributed by atoms with Gasteiger partial charge >= 0.3 is 18.2 Å². The maximum atomic E-state index is 13.9. The smallest absolute Gasteiger partial charge is 0.437 e. The fourth-order valence-corrected chi connectivity index (χ4v) is 4.46. The molecule has 2 atom stereocenters. The largest absolute Gasteiger partial charge is 0.488 e. The van der Waals surface area contributed by atoms with Crippen molar-refractivity contribution < 1.29 is 37.3 Å². The Bertz CT molecular complexity index is 979. The summed E-state index contributed by atoms with van der Waals surface area (Å²) in [6.45, 7) is -0.190. The molecule has 1 aromatic rings. The molecule has 1 aromatic heterocycles. The summed E-state index contributed by atoms with van der Waals surface area (Å²) in [6.07, 6.45) is -1.30. The number of carbonyl (C=O) groups is 2. The van der Waals surface area contributed by atoms with Crippen LogP contribution in [-0.4, -0.2) is 53.0 Å². The van der Waals surface area contributed by atoms with Gasteiger partial charge in [-0.15, -0.1) is 0 Å². The normalized spacial score (nSPS) is 21.5. The quantitative estimate of drug-likeness (QED) is 0.302. The predicted octanol–water partition coefficient (Wildman–Crippen LogP) is 3.22.